The highest BCUT2D eigenvalue weighted by Gasteiger charge is 2.15. The number of hydrogen-bond acceptors (Lipinski definition) is 3. The standard InChI is InChI=1S/C22H28N2OS/c1-18(26-17-19-9-4-2-5-10-19)22(25)23-21-12-8-11-20(15-21)16-24-13-6-3-7-14-24/h2,4-5,8-12,15,18H,3,6-7,13-14,16-17H2,1H3,(H,23,25). The summed E-state index contributed by atoms with van der Waals surface area (Å²) in [5.41, 5.74) is 3.42. The second kappa shape index (κ2) is 9.79. The van der Waals surface area contributed by atoms with Gasteiger partial charge in [-0.15, -0.1) is 11.8 Å². The minimum atomic E-state index is -0.0824. The molecule has 1 aliphatic heterocycles. The van der Waals surface area contributed by atoms with E-state index in [9.17, 15) is 4.79 Å². The lowest BCUT2D eigenvalue weighted by atomic mass is 10.1. The Morgan fingerprint density at radius 3 is 2.54 bits per heavy atom. The van der Waals surface area contributed by atoms with Gasteiger partial charge in [-0.3, -0.25) is 9.69 Å². The lowest BCUT2D eigenvalue weighted by molar-refractivity contribution is -0.115. The van der Waals surface area contributed by atoms with Crippen LogP contribution in [-0.4, -0.2) is 29.1 Å². The summed E-state index contributed by atoms with van der Waals surface area (Å²) in [5.74, 6) is 0.922. The van der Waals surface area contributed by atoms with Gasteiger partial charge in [0.25, 0.3) is 0 Å². The quantitative estimate of drug-likeness (QED) is 0.752. The molecule has 2 aromatic carbocycles. The number of carbonyl (C=O) groups is 1. The zero-order chi connectivity index (χ0) is 18.2. The SMILES string of the molecule is CC(SCc1ccccc1)C(=O)Nc1cccc(CN2CCCCC2)c1. The summed E-state index contributed by atoms with van der Waals surface area (Å²) < 4.78 is 0. The summed E-state index contributed by atoms with van der Waals surface area (Å²) in [5, 5.41) is 2.99. The second-order valence-electron chi connectivity index (χ2n) is 6.97. The van der Waals surface area contributed by atoms with Crippen molar-refractivity contribution in [2.75, 3.05) is 18.4 Å². The summed E-state index contributed by atoms with van der Waals surface area (Å²) in [6.45, 7) is 5.32. The molecule has 4 heteroatoms. The number of likely N-dealkylation sites (tertiary alicyclic amines) is 1. The first-order valence-electron chi connectivity index (χ1n) is 9.48. The van der Waals surface area contributed by atoms with Crippen molar-refractivity contribution in [2.45, 2.75) is 43.7 Å². The minimum absolute atomic E-state index is 0.0704. The summed E-state index contributed by atoms with van der Waals surface area (Å²) in [4.78, 5) is 15.0. The van der Waals surface area contributed by atoms with Crippen molar-refractivity contribution >= 4 is 23.4 Å². The van der Waals surface area contributed by atoms with E-state index >= 15 is 0 Å². The largest absolute Gasteiger partial charge is 0.325 e. The van der Waals surface area contributed by atoms with Gasteiger partial charge in [-0.2, -0.15) is 0 Å². The molecule has 1 heterocycles. The molecule has 2 aromatic rings. The first-order valence-corrected chi connectivity index (χ1v) is 10.5. The van der Waals surface area contributed by atoms with E-state index in [1.165, 1.54) is 43.5 Å². The molecule has 1 amide bonds. The maximum absolute atomic E-state index is 12.5. The Balaban J connectivity index is 1.50. The van der Waals surface area contributed by atoms with Gasteiger partial charge in [0.15, 0.2) is 0 Å². The smallest absolute Gasteiger partial charge is 0.237 e. The highest BCUT2D eigenvalue weighted by molar-refractivity contribution is 7.99. The summed E-state index contributed by atoms with van der Waals surface area (Å²) in [6, 6.07) is 18.6. The molecule has 1 unspecified atom stereocenters. The molecule has 0 saturated carbocycles. The average Bonchev–Trinajstić information content (AvgIpc) is 2.68. The van der Waals surface area contributed by atoms with Crippen molar-refractivity contribution in [1.29, 1.82) is 0 Å². The number of rotatable bonds is 7. The van der Waals surface area contributed by atoms with Crippen molar-refractivity contribution < 1.29 is 4.79 Å². The minimum Gasteiger partial charge on any atom is -0.325 e. The third kappa shape index (κ3) is 5.89. The topological polar surface area (TPSA) is 32.3 Å². The molecular formula is C22H28N2OS. The van der Waals surface area contributed by atoms with Crippen LogP contribution in [0.15, 0.2) is 54.6 Å². The van der Waals surface area contributed by atoms with Crippen LogP contribution in [0.4, 0.5) is 5.69 Å². The summed E-state index contributed by atoms with van der Waals surface area (Å²) in [6.07, 6.45) is 3.95. The lowest BCUT2D eigenvalue weighted by Gasteiger charge is -2.26. The Kier molecular flexibility index (Phi) is 7.15. The van der Waals surface area contributed by atoms with E-state index < -0.39 is 0 Å². The van der Waals surface area contributed by atoms with Crippen molar-refractivity contribution in [2.24, 2.45) is 0 Å². The number of nitrogens with one attached hydrogen (secondary N) is 1. The van der Waals surface area contributed by atoms with Crippen molar-refractivity contribution in [3.05, 3.63) is 65.7 Å². The molecule has 26 heavy (non-hydrogen) atoms. The van der Waals surface area contributed by atoms with E-state index in [0.717, 1.165) is 18.0 Å². The van der Waals surface area contributed by atoms with Crippen molar-refractivity contribution in [3.8, 4) is 0 Å². The Morgan fingerprint density at radius 1 is 1.04 bits per heavy atom. The van der Waals surface area contributed by atoms with Crippen LogP contribution in [0.25, 0.3) is 0 Å². The first-order chi connectivity index (χ1) is 12.7. The monoisotopic (exact) mass is 368 g/mol. The van der Waals surface area contributed by atoms with Gasteiger partial charge in [-0.1, -0.05) is 48.9 Å². The molecule has 0 aromatic heterocycles. The number of piperidine rings is 1. The Bertz CT molecular complexity index is 698. The highest BCUT2D eigenvalue weighted by Crippen LogP contribution is 2.20. The maximum Gasteiger partial charge on any atom is 0.237 e. The number of thioether (sulfide) groups is 1. The van der Waals surface area contributed by atoms with E-state index in [0.29, 0.717) is 0 Å². The summed E-state index contributed by atoms with van der Waals surface area (Å²) in [7, 11) is 0. The maximum atomic E-state index is 12.5. The van der Waals surface area contributed by atoms with Gasteiger partial charge in [-0.05, 0) is 56.1 Å². The average molecular weight is 369 g/mol. The Morgan fingerprint density at radius 2 is 1.77 bits per heavy atom. The van der Waals surface area contributed by atoms with Gasteiger partial charge < -0.3 is 5.32 Å². The van der Waals surface area contributed by atoms with Gasteiger partial charge in [-0.25, -0.2) is 0 Å². The van der Waals surface area contributed by atoms with Crippen LogP contribution < -0.4 is 5.32 Å². The van der Waals surface area contributed by atoms with Crippen LogP contribution in [0.5, 0.6) is 0 Å². The predicted molar refractivity (Wildman–Crippen MR) is 111 cm³/mol. The van der Waals surface area contributed by atoms with Crippen molar-refractivity contribution in [1.82, 2.24) is 4.90 Å². The fourth-order valence-corrected chi connectivity index (χ4v) is 4.08. The number of anilines is 1. The molecule has 0 radical (unpaired) electrons. The van der Waals surface area contributed by atoms with Crippen LogP contribution >= 0.6 is 11.8 Å². The molecule has 3 nitrogen and oxygen atoms in total. The van der Waals surface area contributed by atoms with Crippen LogP contribution in [0.1, 0.15) is 37.3 Å². The van der Waals surface area contributed by atoms with Gasteiger partial charge in [0.2, 0.25) is 5.91 Å². The molecule has 1 atom stereocenters. The second-order valence-corrected chi connectivity index (χ2v) is 8.29. The number of amides is 1. The molecule has 1 fully saturated rings. The number of benzene rings is 2. The molecule has 3 rings (SSSR count). The van der Waals surface area contributed by atoms with Crippen LogP contribution in [0, 0.1) is 0 Å². The van der Waals surface area contributed by atoms with Crippen LogP contribution in [-0.2, 0) is 17.1 Å². The molecule has 1 N–H and O–H groups in total. The van der Waals surface area contributed by atoms with Crippen LogP contribution in [0.3, 0.4) is 0 Å². The predicted octanol–water partition coefficient (Wildman–Crippen LogP) is 4.93. The lowest BCUT2D eigenvalue weighted by Crippen LogP contribution is -2.29. The zero-order valence-electron chi connectivity index (χ0n) is 15.5. The number of hydrogen-bond donors (Lipinski definition) is 1. The fraction of sp³-hybridized carbons (Fsp3) is 0.409. The normalized spacial score (nSPS) is 16.2. The van der Waals surface area contributed by atoms with E-state index in [1.807, 2.05) is 37.3 Å². The molecule has 138 valence electrons. The van der Waals surface area contributed by atoms with Crippen molar-refractivity contribution in [3.63, 3.8) is 0 Å². The Hall–Kier alpha value is -1.78. The summed E-state index contributed by atoms with van der Waals surface area (Å²) >= 11 is 1.67. The van der Waals surface area contributed by atoms with Gasteiger partial charge in [0.1, 0.15) is 0 Å². The third-order valence-corrected chi connectivity index (χ3v) is 5.98. The molecule has 0 spiro atoms. The zero-order valence-corrected chi connectivity index (χ0v) is 16.3. The Labute approximate surface area is 161 Å². The van der Waals surface area contributed by atoms with E-state index in [1.54, 1.807) is 11.8 Å². The van der Waals surface area contributed by atoms with E-state index in [4.69, 9.17) is 0 Å². The molecular weight excluding hydrogens is 340 g/mol. The number of nitrogens with zero attached hydrogens (tertiary/aromatic N) is 1. The van der Waals surface area contributed by atoms with Gasteiger partial charge in [0.05, 0.1) is 5.25 Å². The molecule has 1 saturated heterocycles. The highest BCUT2D eigenvalue weighted by atomic mass is 32.2. The van der Waals surface area contributed by atoms with Crippen LogP contribution in [0.2, 0.25) is 0 Å². The van der Waals surface area contributed by atoms with Gasteiger partial charge in [0, 0.05) is 18.0 Å². The fourth-order valence-electron chi connectivity index (χ4n) is 3.24. The molecule has 1 aliphatic rings. The van der Waals surface area contributed by atoms with E-state index in [2.05, 4.69) is 34.5 Å². The first kappa shape index (κ1) is 19.0. The van der Waals surface area contributed by atoms with Gasteiger partial charge >= 0.3 is 0 Å². The number of carbonyl (C=O) groups excluding carboxylic acids is 1. The van der Waals surface area contributed by atoms with E-state index in [-0.39, 0.29) is 11.2 Å². The molecule has 0 aliphatic carbocycles. The molecule has 0 bridgehead atoms. The third-order valence-electron chi connectivity index (χ3n) is 4.76.